The molecule has 0 radical (unpaired) electrons. The van der Waals surface area contributed by atoms with Crippen LogP contribution in [-0.4, -0.2) is 17.6 Å². The summed E-state index contributed by atoms with van der Waals surface area (Å²) in [7, 11) is 1.32. The quantitative estimate of drug-likeness (QED) is 0.818. The number of methoxy groups -OCH3 is 1. The first-order valence-electron chi connectivity index (χ1n) is 7.69. The molecule has 1 aromatic heterocycles. The minimum absolute atomic E-state index is 0.143. The monoisotopic (exact) mass is 315 g/mol. The Labute approximate surface area is 133 Å². The summed E-state index contributed by atoms with van der Waals surface area (Å²) < 4.78 is 20.4. The van der Waals surface area contributed by atoms with Gasteiger partial charge in [0, 0.05) is 24.2 Å². The van der Waals surface area contributed by atoms with Gasteiger partial charge in [-0.15, -0.1) is 0 Å². The van der Waals surface area contributed by atoms with Crippen LogP contribution in [0.2, 0.25) is 0 Å². The minimum atomic E-state index is -0.453. The second-order valence-electron chi connectivity index (χ2n) is 5.70. The fraction of sp³-hybridized carbons (Fsp3) is 0.333. The molecule has 3 rings (SSSR count). The van der Waals surface area contributed by atoms with Crippen molar-refractivity contribution in [2.24, 2.45) is 0 Å². The van der Waals surface area contributed by atoms with Crippen LogP contribution in [0.25, 0.3) is 0 Å². The highest BCUT2D eigenvalue weighted by Crippen LogP contribution is 2.20. The molecule has 0 N–H and O–H groups in total. The summed E-state index contributed by atoms with van der Waals surface area (Å²) >= 11 is 0. The van der Waals surface area contributed by atoms with Crippen LogP contribution in [-0.2, 0) is 24.1 Å². The number of esters is 1. The van der Waals surface area contributed by atoms with Gasteiger partial charge in [0.15, 0.2) is 0 Å². The third kappa shape index (κ3) is 2.91. The van der Waals surface area contributed by atoms with Crippen LogP contribution < -0.4 is 5.56 Å². The number of halogens is 1. The van der Waals surface area contributed by atoms with Crippen molar-refractivity contribution < 1.29 is 13.9 Å². The third-order valence-corrected chi connectivity index (χ3v) is 4.26. The van der Waals surface area contributed by atoms with Gasteiger partial charge in [0.1, 0.15) is 5.82 Å². The van der Waals surface area contributed by atoms with Gasteiger partial charge in [-0.05, 0) is 37.0 Å². The van der Waals surface area contributed by atoms with Crippen LogP contribution >= 0.6 is 0 Å². The molecule has 0 fully saturated rings. The van der Waals surface area contributed by atoms with Crippen LogP contribution in [0.5, 0.6) is 0 Å². The predicted octanol–water partition coefficient (Wildman–Crippen LogP) is 2.70. The minimum Gasteiger partial charge on any atom is -0.465 e. The normalized spacial score (nSPS) is 13.5. The zero-order valence-electron chi connectivity index (χ0n) is 13.0. The number of hydrogen-bond donors (Lipinski definition) is 0. The first-order chi connectivity index (χ1) is 11.1. The Kier molecular flexibility index (Phi) is 4.28. The first-order valence-corrected chi connectivity index (χ1v) is 7.69. The van der Waals surface area contributed by atoms with E-state index in [1.54, 1.807) is 28.8 Å². The van der Waals surface area contributed by atoms with E-state index in [-0.39, 0.29) is 17.8 Å². The van der Waals surface area contributed by atoms with E-state index >= 15 is 0 Å². The summed E-state index contributed by atoms with van der Waals surface area (Å²) in [5.74, 6) is -0.806. The van der Waals surface area contributed by atoms with Gasteiger partial charge in [0.2, 0.25) is 0 Å². The van der Waals surface area contributed by atoms with Gasteiger partial charge in [-0.25, -0.2) is 9.18 Å². The fourth-order valence-electron chi connectivity index (χ4n) is 3.09. The maximum absolute atomic E-state index is 13.9. The fourth-order valence-corrected chi connectivity index (χ4v) is 3.09. The van der Waals surface area contributed by atoms with Crippen molar-refractivity contribution >= 4 is 5.97 Å². The van der Waals surface area contributed by atoms with Crippen molar-refractivity contribution in [1.29, 1.82) is 0 Å². The van der Waals surface area contributed by atoms with Gasteiger partial charge < -0.3 is 9.30 Å². The highest BCUT2D eigenvalue weighted by molar-refractivity contribution is 5.90. The second-order valence-corrected chi connectivity index (χ2v) is 5.70. The molecule has 0 aliphatic carbocycles. The Hall–Kier alpha value is -2.43. The number of nitrogens with zero attached hydrogens (tertiary/aromatic N) is 1. The number of benzene rings is 1. The molecule has 0 atom stereocenters. The summed E-state index contributed by atoms with van der Waals surface area (Å²) in [6, 6.07) is 7.93. The molecule has 1 aliphatic heterocycles. The zero-order valence-corrected chi connectivity index (χ0v) is 13.0. The number of aromatic nitrogens is 1. The van der Waals surface area contributed by atoms with Crippen molar-refractivity contribution in [2.45, 2.75) is 32.2 Å². The molecule has 2 aromatic rings. The number of rotatable bonds is 3. The van der Waals surface area contributed by atoms with Crippen molar-refractivity contribution in [2.75, 3.05) is 7.11 Å². The summed E-state index contributed by atoms with van der Waals surface area (Å²) in [5, 5.41) is 0. The molecule has 0 saturated heterocycles. The molecule has 0 spiro atoms. The van der Waals surface area contributed by atoms with Gasteiger partial charge in [0.05, 0.1) is 12.7 Å². The molecule has 2 heterocycles. The average molecular weight is 315 g/mol. The summed E-state index contributed by atoms with van der Waals surface area (Å²) in [6.45, 7) is 0.587. The van der Waals surface area contributed by atoms with Crippen LogP contribution in [0.15, 0.2) is 35.1 Å². The van der Waals surface area contributed by atoms with Crippen molar-refractivity contribution in [1.82, 2.24) is 4.57 Å². The highest BCUT2D eigenvalue weighted by Gasteiger charge is 2.22. The number of hydrogen-bond acceptors (Lipinski definition) is 3. The Morgan fingerprint density at radius 3 is 2.78 bits per heavy atom. The standard InChI is InChI=1S/C18H18FNO3/c1-23-18(22)14-11-13(10-12-6-2-3-7-15(12)19)17(21)20-9-5-4-8-16(14)20/h2-3,6-7,11H,4-5,8-10H2,1H3. The van der Waals surface area contributed by atoms with E-state index < -0.39 is 5.97 Å². The molecule has 0 amide bonds. The highest BCUT2D eigenvalue weighted by atomic mass is 19.1. The van der Waals surface area contributed by atoms with E-state index in [1.165, 1.54) is 13.2 Å². The predicted molar refractivity (Wildman–Crippen MR) is 84.2 cm³/mol. The van der Waals surface area contributed by atoms with Crippen LogP contribution in [0.3, 0.4) is 0 Å². The first kappa shape index (κ1) is 15.5. The Bertz CT molecular complexity index is 810. The molecule has 4 nitrogen and oxygen atoms in total. The Morgan fingerprint density at radius 1 is 1.26 bits per heavy atom. The molecule has 23 heavy (non-hydrogen) atoms. The second kappa shape index (κ2) is 6.36. The molecule has 1 aromatic carbocycles. The third-order valence-electron chi connectivity index (χ3n) is 4.26. The van der Waals surface area contributed by atoms with Gasteiger partial charge in [-0.2, -0.15) is 0 Å². The maximum Gasteiger partial charge on any atom is 0.339 e. The number of fused-ring (bicyclic) bond motifs is 1. The zero-order chi connectivity index (χ0) is 16.4. The lowest BCUT2D eigenvalue weighted by molar-refractivity contribution is 0.0597. The topological polar surface area (TPSA) is 48.3 Å². The summed E-state index contributed by atoms with van der Waals surface area (Å²) in [6.07, 6.45) is 2.68. The van der Waals surface area contributed by atoms with Crippen LogP contribution in [0.4, 0.5) is 4.39 Å². The van der Waals surface area contributed by atoms with Crippen LogP contribution in [0, 0.1) is 5.82 Å². The molecule has 0 saturated carbocycles. The van der Waals surface area contributed by atoms with Crippen molar-refractivity contribution in [3.8, 4) is 0 Å². The van der Waals surface area contributed by atoms with Crippen molar-refractivity contribution in [3.05, 3.63) is 68.9 Å². The molecular formula is C18H18FNO3. The number of ether oxygens (including phenoxy) is 1. The molecule has 0 unspecified atom stereocenters. The number of pyridine rings is 1. The maximum atomic E-state index is 13.9. The largest absolute Gasteiger partial charge is 0.465 e. The van der Waals surface area contributed by atoms with E-state index in [0.717, 1.165) is 18.5 Å². The van der Waals surface area contributed by atoms with Gasteiger partial charge in [-0.3, -0.25) is 4.79 Å². The number of carbonyl (C=O) groups is 1. The lowest BCUT2D eigenvalue weighted by Gasteiger charge is -2.22. The molecule has 0 bridgehead atoms. The molecular weight excluding hydrogens is 297 g/mol. The van der Waals surface area contributed by atoms with E-state index in [9.17, 15) is 14.0 Å². The SMILES string of the molecule is COC(=O)c1cc(Cc2ccccc2F)c(=O)n2c1CCCC2. The lowest BCUT2D eigenvalue weighted by Crippen LogP contribution is -2.32. The summed E-state index contributed by atoms with van der Waals surface area (Å²) in [5.41, 5.74) is 1.86. The van der Waals surface area contributed by atoms with Gasteiger partial charge in [0.25, 0.3) is 5.56 Å². The Morgan fingerprint density at radius 2 is 2.04 bits per heavy atom. The molecule has 120 valence electrons. The summed E-state index contributed by atoms with van der Waals surface area (Å²) in [4.78, 5) is 24.7. The average Bonchev–Trinajstić information content (AvgIpc) is 2.58. The number of carbonyl (C=O) groups excluding carboxylic acids is 1. The van der Waals surface area contributed by atoms with Crippen LogP contribution in [0.1, 0.15) is 40.0 Å². The van der Waals surface area contributed by atoms with Gasteiger partial charge in [-0.1, -0.05) is 18.2 Å². The van der Waals surface area contributed by atoms with E-state index in [0.29, 0.717) is 29.7 Å². The van der Waals surface area contributed by atoms with Gasteiger partial charge >= 0.3 is 5.97 Å². The lowest BCUT2D eigenvalue weighted by atomic mass is 9.98. The van der Waals surface area contributed by atoms with E-state index in [2.05, 4.69) is 0 Å². The van der Waals surface area contributed by atoms with Crippen molar-refractivity contribution in [3.63, 3.8) is 0 Å². The smallest absolute Gasteiger partial charge is 0.339 e. The Balaban J connectivity index is 2.12. The molecule has 5 heteroatoms. The molecule has 1 aliphatic rings. The van der Waals surface area contributed by atoms with E-state index in [1.807, 2.05) is 0 Å². The van der Waals surface area contributed by atoms with E-state index in [4.69, 9.17) is 4.74 Å².